The summed E-state index contributed by atoms with van der Waals surface area (Å²) in [4.78, 5) is 26.8. The fraction of sp³-hybridized carbons (Fsp3) is 0.500. The van der Waals surface area contributed by atoms with E-state index in [1.54, 1.807) is 11.0 Å². The summed E-state index contributed by atoms with van der Waals surface area (Å²) < 4.78 is 0. The normalized spacial score (nSPS) is 16.3. The molecule has 1 aromatic carbocycles. The third-order valence-corrected chi connectivity index (χ3v) is 4.19. The maximum atomic E-state index is 12.5. The van der Waals surface area contributed by atoms with Crippen LogP contribution in [0.2, 0.25) is 5.02 Å². The van der Waals surface area contributed by atoms with Gasteiger partial charge < -0.3 is 9.80 Å². The van der Waals surface area contributed by atoms with E-state index < -0.39 is 4.92 Å². The Morgan fingerprint density at radius 2 is 2.00 bits per heavy atom. The van der Waals surface area contributed by atoms with E-state index in [-0.39, 0.29) is 22.2 Å². The molecule has 1 amide bonds. The molecule has 0 N–H and O–H groups in total. The average Bonchev–Trinajstić information content (AvgIpc) is 2.46. The molecule has 0 radical (unpaired) electrons. The molecule has 1 aromatic rings. The number of nitrogens with zero attached hydrogens (tertiary/aromatic N) is 3. The average molecular weight is 312 g/mol. The Kier molecular flexibility index (Phi) is 4.80. The number of nitro benzene ring substituents is 1. The fourth-order valence-corrected chi connectivity index (χ4v) is 2.87. The van der Waals surface area contributed by atoms with Gasteiger partial charge in [0.1, 0.15) is 10.6 Å². The summed E-state index contributed by atoms with van der Waals surface area (Å²) in [7, 11) is 4.04. The highest BCUT2D eigenvalue weighted by molar-refractivity contribution is 6.33. The van der Waals surface area contributed by atoms with Crippen molar-refractivity contribution in [3.05, 3.63) is 38.9 Å². The molecule has 1 heterocycles. The number of benzene rings is 1. The number of piperidine rings is 1. The zero-order chi connectivity index (χ0) is 15.6. The zero-order valence-corrected chi connectivity index (χ0v) is 12.8. The Labute approximate surface area is 128 Å². The summed E-state index contributed by atoms with van der Waals surface area (Å²) in [5.74, 6) is -0.318. The number of likely N-dealkylation sites (tertiary alicyclic amines) is 1. The van der Waals surface area contributed by atoms with E-state index in [9.17, 15) is 14.9 Å². The topological polar surface area (TPSA) is 66.7 Å². The number of nitro groups is 1. The van der Waals surface area contributed by atoms with Gasteiger partial charge in [-0.3, -0.25) is 14.9 Å². The molecule has 0 atom stereocenters. The third kappa shape index (κ3) is 3.33. The highest BCUT2D eigenvalue weighted by atomic mass is 35.5. The lowest BCUT2D eigenvalue weighted by atomic mass is 10.0. The van der Waals surface area contributed by atoms with Gasteiger partial charge in [0, 0.05) is 19.1 Å². The number of para-hydroxylation sites is 1. The second kappa shape index (κ2) is 6.41. The van der Waals surface area contributed by atoms with Gasteiger partial charge in [-0.25, -0.2) is 0 Å². The van der Waals surface area contributed by atoms with E-state index in [2.05, 4.69) is 4.90 Å². The van der Waals surface area contributed by atoms with Gasteiger partial charge in [-0.05, 0) is 39.1 Å². The Balaban J connectivity index is 2.19. The Morgan fingerprint density at radius 1 is 1.38 bits per heavy atom. The van der Waals surface area contributed by atoms with Crippen LogP contribution >= 0.6 is 11.6 Å². The van der Waals surface area contributed by atoms with E-state index in [0.29, 0.717) is 19.1 Å². The van der Waals surface area contributed by atoms with E-state index in [1.165, 1.54) is 12.1 Å². The maximum absolute atomic E-state index is 12.5. The first kappa shape index (κ1) is 15.7. The number of rotatable bonds is 3. The standard InChI is InChI=1S/C14H18ClN3O3/c1-16(2)10-6-8-17(9-7-10)14(19)11-4-3-5-12(15)13(11)18(20)21/h3-5,10H,6-9H2,1-2H3. The summed E-state index contributed by atoms with van der Waals surface area (Å²) in [5.41, 5.74) is -0.241. The lowest BCUT2D eigenvalue weighted by Crippen LogP contribution is -2.44. The Morgan fingerprint density at radius 3 is 2.52 bits per heavy atom. The molecule has 2 rings (SSSR count). The van der Waals surface area contributed by atoms with Crippen LogP contribution in [0, 0.1) is 10.1 Å². The van der Waals surface area contributed by atoms with E-state index in [0.717, 1.165) is 12.8 Å². The van der Waals surface area contributed by atoms with Gasteiger partial charge in [-0.2, -0.15) is 0 Å². The number of hydrogen-bond donors (Lipinski definition) is 0. The van der Waals surface area contributed by atoms with Gasteiger partial charge in [0.2, 0.25) is 0 Å². The van der Waals surface area contributed by atoms with Crippen LogP contribution in [0.25, 0.3) is 0 Å². The molecular formula is C14H18ClN3O3. The number of amides is 1. The van der Waals surface area contributed by atoms with Crippen molar-refractivity contribution in [3.8, 4) is 0 Å². The van der Waals surface area contributed by atoms with Crippen molar-refractivity contribution in [2.75, 3.05) is 27.2 Å². The van der Waals surface area contributed by atoms with Gasteiger partial charge in [-0.15, -0.1) is 0 Å². The maximum Gasteiger partial charge on any atom is 0.300 e. The Bertz CT molecular complexity index is 554. The molecule has 6 nitrogen and oxygen atoms in total. The largest absolute Gasteiger partial charge is 0.338 e. The van der Waals surface area contributed by atoms with Gasteiger partial charge in [0.05, 0.1) is 4.92 Å². The summed E-state index contributed by atoms with van der Waals surface area (Å²) in [5, 5.41) is 11.1. The molecule has 7 heteroatoms. The summed E-state index contributed by atoms with van der Waals surface area (Å²) in [6.07, 6.45) is 1.74. The van der Waals surface area contributed by atoms with Crippen molar-refractivity contribution < 1.29 is 9.72 Å². The molecule has 0 aromatic heterocycles. The number of carbonyl (C=O) groups excluding carboxylic acids is 1. The van der Waals surface area contributed by atoms with Crippen molar-refractivity contribution in [2.45, 2.75) is 18.9 Å². The predicted octanol–water partition coefficient (Wildman–Crippen LogP) is 2.41. The number of halogens is 1. The molecule has 1 saturated heterocycles. The Hall–Kier alpha value is -1.66. The SMILES string of the molecule is CN(C)C1CCN(C(=O)c2cccc(Cl)c2[N+](=O)[O-])CC1. The van der Waals surface area contributed by atoms with Crippen molar-refractivity contribution >= 4 is 23.2 Å². The minimum Gasteiger partial charge on any atom is -0.338 e. The fourth-order valence-electron chi connectivity index (χ4n) is 2.63. The van der Waals surface area contributed by atoms with Crippen LogP contribution in [0.4, 0.5) is 5.69 Å². The molecule has 1 aliphatic rings. The summed E-state index contributed by atoms with van der Waals surface area (Å²) in [6.45, 7) is 1.21. The first-order chi connectivity index (χ1) is 9.91. The molecule has 1 aliphatic heterocycles. The molecule has 1 fully saturated rings. The van der Waals surface area contributed by atoms with E-state index in [1.807, 2.05) is 14.1 Å². The van der Waals surface area contributed by atoms with Crippen molar-refractivity contribution in [1.29, 1.82) is 0 Å². The van der Waals surface area contributed by atoms with Gasteiger partial charge in [-0.1, -0.05) is 17.7 Å². The van der Waals surface area contributed by atoms with E-state index >= 15 is 0 Å². The molecule has 21 heavy (non-hydrogen) atoms. The molecule has 0 bridgehead atoms. The minimum atomic E-state index is -0.595. The van der Waals surface area contributed by atoms with Gasteiger partial charge in [0.15, 0.2) is 0 Å². The predicted molar refractivity (Wildman–Crippen MR) is 80.7 cm³/mol. The van der Waals surface area contributed by atoms with Gasteiger partial charge in [0.25, 0.3) is 5.91 Å². The van der Waals surface area contributed by atoms with Crippen LogP contribution in [0.15, 0.2) is 18.2 Å². The highest BCUT2D eigenvalue weighted by Gasteiger charge is 2.30. The molecule has 0 aliphatic carbocycles. The first-order valence-corrected chi connectivity index (χ1v) is 7.18. The number of carbonyl (C=O) groups is 1. The van der Waals surface area contributed by atoms with Crippen LogP contribution in [0.1, 0.15) is 23.2 Å². The molecule has 0 unspecified atom stereocenters. The molecular weight excluding hydrogens is 294 g/mol. The van der Waals surface area contributed by atoms with Crippen LogP contribution in [-0.4, -0.2) is 53.9 Å². The zero-order valence-electron chi connectivity index (χ0n) is 12.1. The van der Waals surface area contributed by atoms with Crippen molar-refractivity contribution in [2.24, 2.45) is 0 Å². The third-order valence-electron chi connectivity index (χ3n) is 3.88. The van der Waals surface area contributed by atoms with Crippen molar-refractivity contribution in [1.82, 2.24) is 9.80 Å². The van der Waals surface area contributed by atoms with Crippen LogP contribution in [-0.2, 0) is 0 Å². The van der Waals surface area contributed by atoms with E-state index in [4.69, 9.17) is 11.6 Å². The summed E-state index contributed by atoms with van der Waals surface area (Å²) in [6, 6.07) is 4.90. The number of hydrogen-bond acceptors (Lipinski definition) is 4. The second-order valence-electron chi connectivity index (χ2n) is 5.38. The van der Waals surface area contributed by atoms with Crippen molar-refractivity contribution in [3.63, 3.8) is 0 Å². The lowest BCUT2D eigenvalue weighted by Gasteiger charge is -2.35. The quantitative estimate of drug-likeness (QED) is 0.635. The lowest BCUT2D eigenvalue weighted by molar-refractivity contribution is -0.385. The monoisotopic (exact) mass is 311 g/mol. The highest BCUT2D eigenvalue weighted by Crippen LogP contribution is 2.29. The minimum absolute atomic E-state index is 0.00553. The molecule has 114 valence electrons. The van der Waals surface area contributed by atoms with Crippen LogP contribution in [0.5, 0.6) is 0 Å². The van der Waals surface area contributed by atoms with Crippen LogP contribution < -0.4 is 0 Å². The smallest absolute Gasteiger partial charge is 0.300 e. The second-order valence-corrected chi connectivity index (χ2v) is 5.79. The molecule has 0 spiro atoms. The van der Waals surface area contributed by atoms with Gasteiger partial charge >= 0.3 is 5.69 Å². The first-order valence-electron chi connectivity index (χ1n) is 6.80. The van der Waals surface area contributed by atoms with Crippen LogP contribution in [0.3, 0.4) is 0 Å². The summed E-state index contributed by atoms with van der Waals surface area (Å²) >= 11 is 5.85. The molecule has 0 saturated carbocycles.